The van der Waals surface area contributed by atoms with Gasteiger partial charge in [0.2, 0.25) is 0 Å². The van der Waals surface area contributed by atoms with Gasteiger partial charge >= 0.3 is 5.97 Å². The summed E-state index contributed by atoms with van der Waals surface area (Å²) in [6.07, 6.45) is 10.2. The van der Waals surface area contributed by atoms with Gasteiger partial charge in [0.05, 0.1) is 74.1 Å². The topological polar surface area (TPSA) is 228 Å². The van der Waals surface area contributed by atoms with E-state index in [9.17, 15) is 45.6 Å². The molecule has 14 heteroatoms. The highest BCUT2D eigenvalue weighted by Crippen LogP contribution is 2.43. The van der Waals surface area contributed by atoms with Gasteiger partial charge in [-0.05, 0) is 121 Å². The van der Waals surface area contributed by atoms with Gasteiger partial charge in [0, 0.05) is 42.9 Å². The minimum absolute atomic E-state index is 0.0200. The van der Waals surface area contributed by atoms with Gasteiger partial charge in [-0.15, -0.1) is 0 Å². The first-order valence-electron chi connectivity index (χ1n) is 25.3. The molecule has 18 unspecified atom stereocenters. The van der Waals surface area contributed by atoms with E-state index in [1.807, 2.05) is 13.0 Å². The molecular weight excluding hydrogens is 859 g/mol. The zero-order chi connectivity index (χ0) is 47.8. The van der Waals surface area contributed by atoms with Crippen LogP contribution in [-0.4, -0.2) is 151 Å². The lowest BCUT2D eigenvalue weighted by atomic mass is 9.66. The van der Waals surface area contributed by atoms with Crippen molar-refractivity contribution in [1.29, 1.82) is 0 Å². The van der Waals surface area contributed by atoms with Crippen molar-refractivity contribution in [3.63, 3.8) is 0 Å². The van der Waals surface area contributed by atoms with Crippen LogP contribution in [0.3, 0.4) is 0 Å². The van der Waals surface area contributed by atoms with Crippen LogP contribution in [0.15, 0.2) is 76.4 Å². The van der Waals surface area contributed by atoms with Crippen LogP contribution >= 0.6 is 0 Å². The summed E-state index contributed by atoms with van der Waals surface area (Å²) >= 11 is 0. The predicted octanol–water partition coefficient (Wildman–Crippen LogP) is 4.80. The van der Waals surface area contributed by atoms with Crippen molar-refractivity contribution in [3.8, 4) is 0 Å². The van der Waals surface area contributed by atoms with E-state index < -0.39 is 91.2 Å². The molecule has 0 aromatic heterocycles. The van der Waals surface area contributed by atoms with Crippen LogP contribution in [-0.2, 0) is 23.7 Å². The Morgan fingerprint density at radius 3 is 2.30 bits per heavy atom. The van der Waals surface area contributed by atoms with Gasteiger partial charge in [0.1, 0.15) is 24.4 Å². The number of allylic oxidation sites excluding steroid dienone is 6. The molecule has 7 rings (SSSR count). The minimum Gasteiger partial charge on any atom is -0.458 e. The summed E-state index contributed by atoms with van der Waals surface area (Å²) in [5.74, 6) is -0.569. The highest BCUT2D eigenvalue weighted by Gasteiger charge is 2.44. The largest absolute Gasteiger partial charge is 0.458 e. The molecule has 3 saturated heterocycles. The molecule has 18 atom stereocenters. The zero-order valence-electron chi connectivity index (χ0n) is 39.6. The van der Waals surface area contributed by atoms with Gasteiger partial charge in [-0.25, -0.2) is 0 Å². The number of nitrogens with zero attached hydrogens (tertiary/aromatic N) is 1. The van der Waals surface area contributed by atoms with Gasteiger partial charge in [-0.3, -0.25) is 9.79 Å². The molecular formula is C53H79NO13. The van der Waals surface area contributed by atoms with Crippen LogP contribution in [0.25, 0.3) is 0 Å². The second-order valence-electron chi connectivity index (χ2n) is 20.7. The van der Waals surface area contributed by atoms with Gasteiger partial charge < -0.3 is 59.8 Å². The summed E-state index contributed by atoms with van der Waals surface area (Å²) in [6, 6.07) is 0. The van der Waals surface area contributed by atoms with Crippen LogP contribution in [0.4, 0.5) is 0 Å². The summed E-state index contributed by atoms with van der Waals surface area (Å²) < 4.78 is 24.7. The van der Waals surface area contributed by atoms with Gasteiger partial charge in [-0.1, -0.05) is 59.8 Å². The van der Waals surface area contributed by atoms with Crippen LogP contribution in [0.5, 0.6) is 0 Å². The number of aliphatic imine (C=N–C) groups is 1. The van der Waals surface area contributed by atoms with Gasteiger partial charge in [0.15, 0.2) is 0 Å². The standard InChI is InChI=1S/C53H79NO13/c1-30-9-7-13-40-49-34-11-5-4-6-12-37(22-32(3)50(60)47-27-43(58)53(63)45(67-47)18-17-36(55)16-15-30)66-48(59)28-46-51(61)39(29-64-46)41(56)21-31(2)10-8-14-44-52(62)42(57)26-38(65-44)25-33(23-34)24-35(49)19-20-54-40/h5,9,11,15-16,22-23,34-39,41-47,49-53,55-58,60-63H,2,4,6-8,10,12-14,17-21,24-29H2,1,3H3. The van der Waals surface area contributed by atoms with Crippen molar-refractivity contribution in [2.45, 2.75) is 208 Å². The van der Waals surface area contributed by atoms with E-state index in [1.165, 1.54) is 11.3 Å². The van der Waals surface area contributed by atoms with Crippen molar-refractivity contribution in [1.82, 2.24) is 0 Å². The lowest BCUT2D eigenvalue weighted by Gasteiger charge is -2.42. The maximum Gasteiger partial charge on any atom is 0.309 e. The summed E-state index contributed by atoms with van der Waals surface area (Å²) in [5.41, 5.74) is 4.75. The lowest BCUT2D eigenvalue weighted by molar-refractivity contribution is -0.190. The fraction of sp³-hybridized carbons (Fsp3) is 0.736. The second-order valence-corrected chi connectivity index (χ2v) is 20.7. The molecule has 67 heavy (non-hydrogen) atoms. The molecule has 1 aliphatic carbocycles. The number of fused-ring (bicyclic) bond motifs is 10. The average Bonchev–Trinajstić information content (AvgIpc) is 3.65. The predicted molar refractivity (Wildman–Crippen MR) is 253 cm³/mol. The highest BCUT2D eigenvalue weighted by molar-refractivity contribution is 5.88. The Balaban J connectivity index is 1.19. The molecule has 14 nitrogen and oxygen atoms in total. The Morgan fingerprint density at radius 1 is 0.716 bits per heavy atom. The van der Waals surface area contributed by atoms with Crippen molar-refractivity contribution in [2.24, 2.45) is 28.7 Å². The summed E-state index contributed by atoms with van der Waals surface area (Å²) in [7, 11) is 0. The first-order valence-corrected chi connectivity index (χ1v) is 25.3. The lowest BCUT2D eigenvalue weighted by Crippen LogP contribution is -2.51. The maximum absolute atomic E-state index is 13.7. The molecule has 0 aromatic carbocycles. The number of ether oxygens (including phenoxy) is 4. The van der Waals surface area contributed by atoms with Crippen molar-refractivity contribution in [3.05, 3.63) is 71.4 Å². The Kier molecular flexibility index (Phi) is 18.9. The molecule has 6 aliphatic heterocycles. The first-order chi connectivity index (χ1) is 32.1. The maximum atomic E-state index is 13.7. The fourth-order valence-electron chi connectivity index (χ4n) is 11.7. The molecule has 0 amide bonds. The van der Waals surface area contributed by atoms with E-state index in [2.05, 4.69) is 30.9 Å². The zero-order valence-corrected chi connectivity index (χ0v) is 39.6. The molecule has 8 N–H and O–H groups in total. The van der Waals surface area contributed by atoms with E-state index >= 15 is 0 Å². The number of aliphatic hydroxyl groups excluding tert-OH is 8. The van der Waals surface area contributed by atoms with Gasteiger partial charge in [0.25, 0.3) is 0 Å². The summed E-state index contributed by atoms with van der Waals surface area (Å²) in [5, 5.41) is 88.9. The Morgan fingerprint density at radius 2 is 1.49 bits per heavy atom. The molecule has 9 bridgehead atoms. The first kappa shape index (κ1) is 52.0. The SMILES string of the molecule is C=C1CCCC2OC(CC3=CC4C=CCCCC(C=C(C)C(O)C5CC(O)C(O)C(CCC(O)C=CC(C)=CCCC6=NCCC(C3)C64)O5)OC(=O)CC3OCC(C(O)C1)C3O)CC(O)C2O. The van der Waals surface area contributed by atoms with E-state index in [0.29, 0.717) is 62.9 Å². The second kappa shape index (κ2) is 24.3. The third-order valence-electron chi connectivity index (χ3n) is 15.5. The smallest absolute Gasteiger partial charge is 0.309 e. The molecule has 374 valence electrons. The third kappa shape index (κ3) is 13.9. The molecule has 3 fully saturated rings. The van der Waals surface area contributed by atoms with E-state index in [-0.39, 0.29) is 56.7 Å². The van der Waals surface area contributed by atoms with Gasteiger partial charge in [-0.2, -0.15) is 0 Å². The number of hydrogen-bond donors (Lipinski definition) is 8. The van der Waals surface area contributed by atoms with Crippen molar-refractivity contribution < 1.29 is 64.6 Å². The summed E-state index contributed by atoms with van der Waals surface area (Å²) in [4.78, 5) is 18.8. The molecule has 0 aromatic rings. The fourth-order valence-corrected chi connectivity index (χ4v) is 11.7. The molecule has 0 radical (unpaired) electrons. The van der Waals surface area contributed by atoms with Crippen LogP contribution in [0.2, 0.25) is 0 Å². The average molecular weight is 938 g/mol. The number of esters is 1. The summed E-state index contributed by atoms with van der Waals surface area (Å²) in [6.45, 7) is 8.73. The number of carbonyl (C=O) groups is 1. The van der Waals surface area contributed by atoms with Crippen LogP contribution in [0.1, 0.15) is 123 Å². The number of rotatable bonds is 0. The molecule has 6 heterocycles. The van der Waals surface area contributed by atoms with Crippen molar-refractivity contribution in [2.75, 3.05) is 13.2 Å². The minimum atomic E-state index is -1.19. The Bertz CT molecular complexity index is 1860. The normalized spacial score (nSPS) is 42.8. The number of aliphatic hydroxyl groups is 8. The number of carbonyl (C=O) groups excluding carboxylic acids is 1. The Hall–Kier alpha value is -2.86. The number of hydrogen-bond acceptors (Lipinski definition) is 14. The monoisotopic (exact) mass is 938 g/mol. The molecule has 7 aliphatic rings. The van der Waals surface area contributed by atoms with E-state index in [0.717, 1.165) is 43.4 Å². The van der Waals surface area contributed by atoms with Crippen LogP contribution < -0.4 is 0 Å². The molecule has 0 saturated carbocycles. The van der Waals surface area contributed by atoms with E-state index in [4.69, 9.17) is 23.9 Å². The quantitative estimate of drug-likeness (QED) is 0.121. The van der Waals surface area contributed by atoms with Crippen molar-refractivity contribution >= 4 is 11.7 Å². The highest BCUT2D eigenvalue weighted by atomic mass is 16.6. The van der Waals surface area contributed by atoms with E-state index in [1.54, 1.807) is 19.1 Å². The van der Waals surface area contributed by atoms with Crippen LogP contribution in [0, 0.1) is 23.7 Å². The Labute approximate surface area is 396 Å². The molecule has 0 spiro atoms. The third-order valence-corrected chi connectivity index (χ3v) is 15.5.